The fourth-order valence-electron chi connectivity index (χ4n) is 4.06. The monoisotopic (exact) mass is 396 g/mol. The van der Waals surface area contributed by atoms with E-state index < -0.39 is 5.67 Å². The lowest BCUT2D eigenvalue weighted by atomic mass is 9.93. The lowest BCUT2D eigenvalue weighted by Gasteiger charge is -2.36. The molecule has 0 bridgehead atoms. The molecule has 29 heavy (non-hydrogen) atoms. The molecule has 4 rings (SSSR count). The van der Waals surface area contributed by atoms with Gasteiger partial charge in [-0.05, 0) is 17.5 Å². The van der Waals surface area contributed by atoms with Gasteiger partial charge in [0.15, 0.2) is 0 Å². The summed E-state index contributed by atoms with van der Waals surface area (Å²) in [6.45, 7) is 1.53. The molecule has 0 radical (unpaired) electrons. The molecule has 2 aliphatic rings. The number of halogens is 1. The number of hydrogen-bond acceptors (Lipinski definition) is 3. The van der Waals surface area contributed by atoms with Gasteiger partial charge in [-0.3, -0.25) is 0 Å². The van der Waals surface area contributed by atoms with Gasteiger partial charge >= 0.3 is 6.09 Å². The van der Waals surface area contributed by atoms with Crippen molar-refractivity contribution in [2.75, 3.05) is 26.2 Å². The highest BCUT2D eigenvalue weighted by Crippen LogP contribution is 2.41. The standard InChI is InChI=1S/C24H29FN2O2/c25-24(18-26-22-17-21(22)20-9-5-2-6-10-20)12-14-27(15-13-24)23(28)29-16-11-19-7-3-1-4-8-19/h1-10,21-22,26H,11-18H2/t21-,22+/m0/s1. The number of carbonyl (C=O) groups excluding carboxylic acids is 1. The zero-order valence-electron chi connectivity index (χ0n) is 16.7. The van der Waals surface area contributed by atoms with Crippen LogP contribution in [0.5, 0.6) is 0 Å². The van der Waals surface area contributed by atoms with E-state index in [1.54, 1.807) is 4.90 Å². The van der Waals surface area contributed by atoms with E-state index in [0.717, 1.165) is 12.0 Å². The normalized spacial score (nSPS) is 22.9. The number of nitrogens with zero attached hydrogens (tertiary/aromatic N) is 1. The van der Waals surface area contributed by atoms with E-state index in [2.05, 4.69) is 29.6 Å². The molecule has 0 spiro atoms. The summed E-state index contributed by atoms with van der Waals surface area (Å²) in [6, 6.07) is 20.7. The second-order valence-corrected chi connectivity index (χ2v) is 8.23. The first-order chi connectivity index (χ1) is 14.1. The average molecular weight is 397 g/mol. The van der Waals surface area contributed by atoms with Crippen molar-refractivity contribution in [3.05, 3.63) is 71.8 Å². The number of alkyl halides is 1. The van der Waals surface area contributed by atoms with Gasteiger partial charge < -0.3 is 15.0 Å². The molecule has 0 unspecified atom stereocenters. The van der Waals surface area contributed by atoms with Gasteiger partial charge in [0.05, 0.1) is 6.61 Å². The van der Waals surface area contributed by atoms with Crippen LogP contribution in [0.1, 0.15) is 36.3 Å². The highest BCUT2D eigenvalue weighted by Gasteiger charge is 2.42. The van der Waals surface area contributed by atoms with E-state index in [1.807, 2.05) is 36.4 Å². The van der Waals surface area contributed by atoms with Crippen molar-refractivity contribution >= 4 is 6.09 Å². The average Bonchev–Trinajstić information content (AvgIpc) is 3.54. The highest BCUT2D eigenvalue weighted by atomic mass is 19.1. The topological polar surface area (TPSA) is 41.6 Å². The number of rotatable bonds is 7. The fourth-order valence-corrected chi connectivity index (χ4v) is 4.06. The van der Waals surface area contributed by atoms with Crippen molar-refractivity contribution in [1.29, 1.82) is 0 Å². The molecule has 1 saturated heterocycles. The van der Waals surface area contributed by atoms with E-state index in [-0.39, 0.29) is 6.09 Å². The van der Waals surface area contributed by atoms with Crippen LogP contribution >= 0.6 is 0 Å². The van der Waals surface area contributed by atoms with Gasteiger partial charge in [-0.2, -0.15) is 0 Å². The van der Waals surface area contributed by atoms with Crippen LogP contribution in [0.4, 0.5) is 9.18 Å². The summed E-state index contributed by atoms with van der Waals surface area (Å²) < 4.78 is 20.5. The van der Waals surface area contributed by atoms with Crippen molar-refractivity contribution in [3.63, 3.8) is 0 Å². The fraction of sp³-hybridized carbons (Fsp3) is 0.458. The number of nitrogens with one attached hydrogen (secondary N) is 1. The zero-order valence-corrected chi connectivity index (χ0v) is 16.7. The molecule has 0 aromatic heterocycles. The molecule has 2 fully saturated rings. The van der Waals surface area contributed by atoms with Gasteiger partial charge in [0.25, 0.3) is 0 Å². The van der Waals surface area contributed by atoms with Crippen molar-refractivity contribution < 1.29 is 13.9 Å². The third-order valence-electron chi connectivity index (χ3n) is 6.08. The SMILES string of the molecule is O=C(OCCc1ccccc1)N1CCC(F)(CN[C@@H]2C[C@H]2c2ccccc2)CC1. The van der Waals surface area contributed by atoms with E-state index in [1.165, 1.54) is 5.56 Å². The maximum Gasteiger partial charge on any atom is 0.409 e. The van der Waals surface area contributed by atoms with Crippen LogP contribution in [-0.4, -0.2) is 48.9 Å². The predicted octanol–water partition coefficient (Wildman–Crippen LogP) is 4.32. The van der Waals surface area contributed by atoms with Crippen LogP contribution in [0.3, 0.4) is 0 Å². The molecule has 1 saturated carbocycles. The van der Waals surface area contributed by atoms with E-state index in [4.69, 9.17) is 4.74 Å². The number of piperidine rings is 1. The third-order valence-corrected chi connectivity index (χ3v) is 6.08. The Hall–Kier alpha value is -2.40. The molecule has 1 heterocycles. The minimum atomic E-state index is -1.25. The molecular formula is C24H29FN2O2. The summed E-state index contributed by atoms with van der Waals surface area (Å²) in [4.78, 5) is 13.9. The van der Waals surface area contributed by atoms with Gasteiger partial charge in [-0.1, -0.05) is 60.7 Å². The van der Waals surface area contributed by atoms with Gasteiger partial charge in [-0.15, -0.1) is 0 Å². The van der Waals surface area contributed by atoms with E-state index >= 15 is 4.39 Å². The largest absolute Gasteiger partial charge is 0.449 e. The quantitative estimate of drug-likeness (QED) is 0.758. The Bertz CT molecular complexity index is 791. The molecule has 1 aliphatic carbocycles. The second-order valence-electron chi connectivity index (χ2n) is 8.23. The van der Waals surface area contributed by atoms with Gasteiger partial charge in [0.1, 0.15) is 5.67 Å². The molecule has 2 aromatic carbocycles. The van der Waals surface area contributed by atoms with Crippen LogP contribution in [0.2, 0.25) is 0 Å². The summed E-state index contributed by atoms with van der Waals surface area (Å²) in [5, 5.41) is 3.40. The van der Waals surface area contributed by atoms with Crippen LogP contribution in [0.15, 0.2) is 60.7 Å². The Kier molecular flexibility index (Phi) is 6.14. The number of likely N-dealkylation sites (tertiary alicyclic amines) is 1. The van der Waals surface area contributed by atoms with Crippen molar-refractivity contribution in [3.8, 4) is 0 Å². The number of hydrogen-bond donors (Lipinski definition) is 1. The number of ether oxygens (including phenoxy) is 1. The Morgan fingerprint density at radius 2 is 1.72 bits per heavy atom. The minimum Gasteiger partial charge on any atom is -0.449 e. The minimum absolute atomic E-state index is 0.331. The number of carbonyl (C=O) groups is 1. The van der Waals surface area contributed by atoms with Crippen LogP contribution in [-0.2, 0) is 11.2 Å². The second kappa shape index (κ2) is 8.95. The van der Waals surface area contributed by atoms with Crippen molar-refractivity contribution in [1.82, 2.24) is 10.2 Å². The first-order valence-electron chi connectivity index (χ1n) is 10.6. The van der Waals surface area contributed by atoms with Crippen LogP contribution in [0.25, 0.3) is 0 Å². The van der Waals surface area contributed by atoms with Gasteiger partial charge in [0, 0.05) is 50.9 Å². The zero-order chi connectivity index (χ0) is 20.1. The Morgan fingerprint density at radius 1 is 1.07 bits per heavy atom. The van der Waals surface area contributed by atoms with Gasteiger partial charge in [0.2, 0.25) is 0 Å². The Balaban J connectivity index is 1.15. The summed E-state index contributed by atoms with van der Waals surface area (Å²) >= 11 is 0. The van der Waals surface area contributed by atoms with E-state index in [0.29, 0.717) is 57.5 Å². The molecule has 154 valence electrons. The van der Waals surface area contributed by atoms with Crippen molar-refractivity contribution in [2.45, 2.75) is 43.3 Å². The summed E-state index contributed by atoms with van der Waals surface area (Å²) in [6.07, 6.45) is 2.15. The lowest BCUT2D eigenvalue weighted by molar-refractivity contribution is 0.0437. The number of benzene rings is 2. The molecule has 1 N–H and O–H groups in total. The highest BCUT2D eigenvalue weighted by molar-refractivity contribution is 5.67. The summed E-state index contributed by atoms with van der Waals surface area (Å²) in [5.74, 6) is 0.500. The molecule has 5 heteroatoms. The third kappa shape index (κ3) is 5.36. The molecule has 1 amide bonds. The first kappa shape index (κ1) is 19.9. The van der Waals surface area contributed by atoms with Crippen LogP contribution < -0.4 is 5.32 Å². The molecular weight excluding hydrogens is 367 g/mol. The maximum atomic E-state index is 15.2. The summed E-state index contributed by atoms with van der Waals surface area (Å²) in [5.41, 5.74) is 1.22. The predicted molar refractivity (Wildman–Crippen MR) is 112 cm³/mol. The van der Waals surface area contributed by atoms with Crippen molar-refractivity contribution in [2.24, 2.45) is 0 Å². The lowest BCUT2D eigenvalue weighted by Crippen LogP contribution is -2.49. The maximum absolute atomic E-state index is 15.2. The van der Waals surface area contributed by atoms with Gasteiger partial charge in [-0.25, -0.2) is 9.18 Å². The number of amides is 1. The smallest absolute Gasteiger partial charge is 0.409 e. The Morgan fingerprint density at radius 3 is 2.41 bits per heavy atom. The molecule has 1 aliphatic heterocycles. The molecule has 2 atom stereocenters. The van der Waals surface area contributed by atoms with E-state index in [9.17, 15) is 4.79 Å². The first-order valence-corrected chi connectivity index (χ1v) is 10.6. The molecule has 2 aromatic rings. The Labute approximate surface area is 172 Å². The summed E-state index contributed by atoms with van der Waals surface area (Å²) in [7, 11) is 0. The van der Waals surface area contributed by atoms with Crippen LogP contribution in [0, 0.1) is 0 Å². The molecule has 4 nitrogen and oxygen atoms in total.